The smallest absolute Gasteiger partial charge is 0.313 e. The Balaban J connectivity index is 1.38. The largest absolute Gasteiger partial charge is 0.369 e. The molecule has 10 heteroatoms. The van der Waals surface area contributed by atoms with Gasteiger partial charge in [0.25, 0.3) is 5.69 Å². The quantitative estimate of drug-likeness (QED) is 0.422. The Morgan fingerprint density at radius 1 is 1.03 bits per heavy atom. The molecule has 0 spiro atoms. The van der Waals surface area contributed by atoms with Gasteiger partial charge in [-0.25, -0.2) is 4.39 Å². The second-order valence-corrected chi connectivity index (χ2v) is 6.82. The highest BCUT2D eigenvalue weighted by Gasteiger charge is 2.19. The maximum absolute atomic E-state index is 13.0. The lowest BCUT2D eigenvalue weighted by Gasteiger charge is -2.36. The summed E-state index contributed by atoms with van der Waals surface area (Å²) in [6.07, 6.45) is 0. The van der Waals surface area contributed by atoms with Crippen LogP contribution in [0.4, 0.5) is 21.5 Å². The van der Waals surface area contributed by atoms with Gasteiger partial charge in [-0.2, -0.15) is 0 Å². The molecule has 1 aliphatic rings. The third-order valence-corrected chi connectivity index (χ3v) is 4.80. The molecule has 1 aliphatic heterocycles. The summed E-state index contributed by atoms with van der Waals surface area (Å²) in [6, 6.07) is 11.8. The number of carbonyl (C=O) groups excluding carboxylic acids is 2. The van der Waals surface area contributed by atoms with E-state index in [0.717, 1.165) is 31.9 Å². The fraction of sp³-hybridized carbons (Fsp3) is 0.300. The van der Waals surface area contributed by atoms with Gasteiger partial charge in [-0.1, -0.05) is 6.07 Å². The molecule has 1 saturated heterocycles. The van der Waals surface area contributed by atoms with E-state index >= 15 is 0 Å². The number of piperazine rings is 1. The number of nitrogens with one attached hydrogen (secondary N) is 2. The van der Waals surface area contributed by atoms with E-state index in [0.29, 0.717) is 13.1 Å². The van der Waals surface area contributed by atoms with Crippen molar-refractivity contribution in [3.05, 3.63) is 64.5 Å². The van der Waals surface area contributed by atoms with Crippen LogP contribution in [-0.2, 0) is 9.59 Å². The number of halogens is 1. The average Bonchev–Trinajstić information content (AvgIpc) is 2.75. The highest BCUT2D eigenvalue weighted by Crippen LogP contribution is 2.17. The first kappa shape index (κ1) is 21.2. The summed E-state index contributed by atoms with van der Waals surface area (Å²) in [5.74, 6) is -1.94. The van der Waals surface area contributed by atoms with Crippen LogP contribution >= 0.6 is 0 Å². The van der Waals surface area contributed by atoms with E-state index in [-0.39, 0.29) is 17.2 Å². The lowest BCUT2D eigenvalue weighted by molar-refractivity contribution is -0.384. The standard InChI is InChI=1S/C20H22FN5O4/c21-15-4-6-17(7-5-15)25-12-10-24(11-13-25)9-8-22-19(27)20(28)23-16-2-1-3-18(14-16)26(29)30/h1-7,14H,8-13H2,(H,22,27)(H,23,28). The normalized spacial score (nSPS) is 14.2. The number of nitro groups is 1. The van der Waals surface area contributed by atoms with Crippen LogP contribution < -0.4 is 15.5 Å². The fourth-order valence-electron chi connectivity index (χ4n) is 3.17. The minimum atomic E-state index is -0.878. The van der Waals surface area contributed by atoms with E-state index in [1.807, 2.05) is 0 Å². The van der Waals surface area contributed by atoms with Gasteiger partial charge >= 0.3 is 11.8 Å². The third-order valence-electron chi connectivity index (χ3n) is 4.80. The van der Waals surface area contributed by atoms with Crippen molar-refractivity contribution >= 4 is 28.9 Å². The van der Waals surface area contributed by atoms with Crippen LogP contribution in [0.5, 0.6) is 0 Å². The highest BCUT2D eigenvalue weighted by molar-refractivity contribution is 6.39. The van der Waals surface area contributed by atoms with Crippen LogP contribution in [0, 0.1) is 15.9 Å². The van der Waals surface area contributed by atoms with Crippen molar-refractivity contribution in [2.24, 2.45) is 0 Å². The predicted octanol–water partition coefficient (Wildman–Crippen LogP) is 1.61. The molecule has 1 heterocycles. The van der Waals surface area contributed by atoms with Crippen LogP contribution in [0.3, 0.4) is 0 Å². The Morgan fingerprint density at radius 3 is 2.40 bits per heavy atom. The fourth-order valence-corrected chi connectivity index (χ4v) is 3.17. The summed E-state index contributed by atoms with van der Waals surface area (Å²) in [5, 5.41) is 15.7. The summed E-state index contributed by atoms with van der Waals surface area (Å²) in [5.41, 5.74) is 0.983. The molecule has 2 aromatic rings. The molecule has 30 heavy (non-hydrogen) atoms. The zero-order chi connectivity index (χ0) is 21.5. The Kier molecular flexibility index (Phi) is 6.91. The van der Waals surface area contributed by atoms with Crippen molar-refractivity contribution < 1.29 is 18.9 Å². The van der Waals surface area contributed by atoms with Crippen LogP contribution in [0.15, 0.2) is 48.5 Å². The van der Waals surface area contributed by atoms with Crippen molar-refractivity contribution in [3.8, 4) is 0 Å². The molecule has 3 rings (SSSR count). The van der Waals surface area contributed by atoms with Gasteiger partial charge in [0.2, 0.25) is 0 Å². The van der Waals surface area contributed by atoms with Crippen molar-refractivity contribution in [2.45, 2.75) is 0 Å². The van der Waals surface area contributed by atoms with E-state index in [1.54, 1.807) is 12.1 Å². The van der Waals surface area contributed by atoms with Gasteiger partial charge in [-0.05, 0) is 30.3 Å². The molecule has 0 aromatic heterocycles. The van der Waals surface area contributed by atoms with Crippen molar-refractivity contribution in [3.63, 3.8) is 0 Å². The molecular weight excluding hydrogens is 393 g/mol. The number of amides is 2. The average molecular weight is 415 g/mol. The minimum Gasteiger partial charge on any atom is -0.369 e. The zero-order valence-corrected chi connectivity index (χ0v) is 16.2. The van der Waals surface area contributed by atoms with Gasteiger partial charge in [0, 0.05) is 62.8 Å². The van der Waals surface area contributed by atoms with Crippen LogP contribution in [0.1, 0.15) is 0 Å². The monoisotopic (exact) mass is 415 g/mol. The summed E-state index contributed by atoms with van der Waals surface area (Å²) in [7, 11) is 0. The molecule has 0 aliphatic carbocycles. The van der Waals surface area contributed by atoms with Gasteiger partial charge in [-0.15, -0.1) is 0 Å². The number of non-ortho nitro benzene ring substituents is 1. The van der Waals surface area contributed by atoms with Crippen LogP contribution in [-0.4, -0.2) is 60.9 Å². The number of carbonyl (C=O) groups is 2. The zero-order valence-electron chi connectivity index (χ0n) is 16.2. The number of anilines is 2. The van der Waals surface area contributed by atoms with E-state index in [1.165, 1.54) is 36.4 Å². The Labute approximate surface area is 172 Å². The van der Waals surface area contributed by atoms with Crippen molar-refractivity contribution in [1.82, 2.24) is 10.2 Å². The maximum atomic E-state index is 13.0. The Hall–Kier alpha value is -3.53. The Bertz CT molecular complexity index is 914. The van der Waals surface area contributed by atoms with Gasteiger partial charge in [0.05, 0.1) is 4.92 Å². The number of rotatable bonds is 6. The number of nitrogens with zero attached hydrogens (tertiary/aromatic N) is 3. The number of hydrogen-bond acceptors (Lipinski definition) is 6. The predicted molar refractivity (Wildman–Crippen MR) is 110 cm³/mol. The van der Waals surface area contributed by atoms with Gasteiger partial charge in [0.1, 0.15) is 5.82 Å². The first-order chi connectivity index (χ1) is 14.4. The van der Waals surface area contributed by atoms with Crippen molar-refractivity contribution in [1.29, 1.82) is 0 Å². The molecule has 9 nitrogen and oxygen atoms in total. The molecule has 2 aromatic carbocycles. The molecule has 0 radical (unpaired) electrons. The Morgan fingerprint density at radius 2 is 1.73 bits per heavy atom. The van der Waals surface area contributed by atoms with Gasteiger partial charge < -0.3 is 15.5 Å². The highest BCUT2D eigenvalue weighted by atomic mass is 19.1. The first-order valence-electron chi connectivity index (χ1n) is 9.49. The summed E-state index contributed by atoms with van der Waals surface area (Å²) in [6.45, 7) is 4.03. The van der Waals surface area contributed by atoms with E-state index < -0.39 is 16.7 Å². The third kappa shape index (κ3) is 5.74. The number of nitro benzene ring substituents is 1. The maximum Gasteiger partial charge on any atom is 0.313 e. The van der Waals surface area contributed by atoms with Crippen molar-refractivity contribution in [2.75, 3.05) is 49.5 Å². The van der Waals surface area contributed by atoms with Crippen LogP contribution in [0.25, 0.3) is 0 Å². The topological polar surface area (TPSA) is 108 Å². The molecule has 2 amide bonds. The van der Waals surface area contributed by atoms with Crippen LogP contribution in [0.2, 0.25) is 0 Å². The van der Waals surface area contributed by atoms with E-state index in [4.69, 9.17) is 0 Å². The lowest BCUT2D eigenvalue weighted by atomic mass is 10.2. The second kappa shape index (κ2) is 9.79. The number of hydrogen-bond donors (Lipinski definition) is 2. The molecule has 158 valence electrons. The second-order valence-electron chi connectivity index (χ2n) is 6.82. The molecule has 0 bridgehead atoms. The summed E-state index contributed by atoms with van der Waals surface area (Å²) < 4.78 is 13.0. The molecule has 2 N–H and O–H groups in total. The lowest BCUT2D eigenvalue weighted by Crippen LogP contribution is -2.49. The first-order valence-corrected chi connectivity index (χ1v) is 9.49. The van der Waals surface area contributed by atoms with E-state index in [2.05, 4.69) is 20.4 Å². The minimum absolute atomic E-state index is 0.173. The molecule has 0 unspecified atom stereocenters. The molecular formula is C20H22FN5O4. The molecule has 0 atom stereocenters. The molecule has 0 saturated carbocycles. The molecule has 1 fully saturated rings. The SMILES string of the molecule is O=C(NCCN1CCN(c2ccc(F)cc2)CC1)C(=O)Nc1cccc([N+](=O)[O-])c1. The summed E-state index contributed by atoms with van der Waals surface area (Å²) in [4.78, 5) is 38.4. The van der Waals surface area contributed by atoms with Gasteiger partial charge in [-0.3, -0.25) is 24.6 Å². The summed E-state index contributed by atoms with van der Waals surface area (Å²) >= 11 is 0. The van der Waals surface area contributed by atoms with Gasteiger partial charge in [0.15, 0.2) is 0 Å². The number of benzene rings is 2. The van der Waals surface area contributed by atoms with E-state index in [9.17, 15) is 24.1 Å².